The van der Waals surface area contributed by atoms with Crippen molar-refractivity contribution in [3.05, 3.63) is 89.0 Å². The number of halogens is 3. The van der Waals surface area contributed by atoms with E-state index in [1.807, 2.05) is 42.5 Å². The molecule has 0 aliphatic rings. The maximum Gasteiger partial charge on any atom is 0.333 e. The number of alkyl halides is 2. The molecule has 4 aromatic rings. The Hall–Kier alpha value is -2.69. The Morgan fingerprint density at radius 1 is 0.972 bits per heavy atom. The van der Waals surface area contributed by atoms with Gasteiger partial charge in [-0.25, -0.2) is 4.68 Å². The summed E-state index contributed by atoms with van der Waals surface area (Å²) in [6.45, 7) is 8.28. The fourth-order valence-electron chi connectivity index (χ4n) is 3.76. The molecule has 0 amide bonds. The Kier molecular flexibility index (Phi) is 7.58. The van der Waals surface area contributed by atoms with Crippen LogP contribution in [0.15, 0.2) is 77.8 Å². The minimum absolute atomic E-state index is 0.0310. The van der Waals surface area contributed by atoms with Crippen LogP contribution in [-0.4, -0.2) is 32.9 Å². The summed E-state index contributed by atoms with van der Waals surface area (Å²) in [7, 11) is -2.25. The lowest BCUT2D eigenvalue weighted by Gasteiger charge is -2.41. The second kappa shape index (κ2) is 10.4. The fourth-order valence-corrected chi connectivity index (χ4v) is 5.25. The lowest BCUT2D eigenvalue weighted by molar-refractivity contribution is 0.0585. The van der Waals surface area contributed by atoms with E-state index in [0.717, 1.165) is 15.7 Å². The highest BCUT2D eigenvalue weighted by molar-refractivity contribution is 9.10. The molecule has 2 atom stereocenters. The summed E-state index contributed by atoms with van der Waals surface area (Å²) in [4.78, 5) is 4.70. The van der Waals surface area contributed by atoms with Crippen LogP contribution in [-0.2, 0) is 4.43 Å². The zero-order chi connectivity index (χ0) is 26.1. The number of aromatic nitrogens is 5. The first-order valence-corrected chi connectivity index (χ1v) is 15.4. The molecule has 0 N–H and O–H groups in total. The Bertz CT molecular complexity index is 1290. The van der Waals surface area contributed by atoms with Gasteiger partial charge >= 0.3 is 6.55 Å². The number of hydrogen-bond donors (Lipinski definition) is 0. The van der Waals surface area contributed by atoms with Gasteiger partial charge < -0.3 is 4.43 Å². The Balaban J connectivity index is 1.87. The van der Waals surface area contributed by atoms with E-state index >= 15 is 0 Å². The van der Waals surface area contributed by atoms with Gasteiger partial charge in [-0.3, -0.25) is 9.67 Å². The molecule has 0 fully saturated rings. The Labute approximate surface area is 219 Å². The van der Waals surface area contributed by atoms with Crippen LogP contribution in [0.1, 0.15) is 50.7 Å². The normalized spacial score (nSPS) is 14.2. The molecule has 0 saturated heterocycles. The quantitative estimate of drug-likeness (QED) is 0.203. The fraction of sp³-hybridized carbons (Fsp3) is 0.346. The summed E-state index contributed by atoms with van der Waals surface area (Å²) in [6.07, 6.45) is 6.03. The predicted molar refractivity (Wildman–Crippen MR) is 142 cm³/mol. The highest BCUT2D eigenvalue weighted by Crippen LogP contribution is 2.44. The molecular weight excluding hydrogens is 544 g/mol. The molecular formula is C26H30BrF2N5OSi. The first-order valence-electron chi connectivity index (χ1n) is 11.7. The lowest BCUT2D eigenvalue weighted by Crippen LogP contribution is -2.43. The molecule has 190 valence electrons. The van der Waals surface area contributed by atoms with Crippen LogP contribution in [0.5, 0.6) is 0 Å². The molecule has 1 aromatic carbocycles. The minimum atomic E-state index is -2.75. The van der Waals surface area contributed by atoms with E-state index in [-0.39, 0.29) is 5.04 Å². The second-order valence-corrected chi connectivity index (χ2v) is 15.9. The molecule has 10 heteroatoms. The van der Waals surface area contributed by atoms with Gasteiger partial charge in [-0.05, 0) is 57.8 Å². The summed E-state index contributed by atoms with van der Waals surface area (Å²) >= 11 is 3.47. The highest BCUT2D eigenvalue weighted by Gasteiger charge is 2.42. The van der Waals surface area contributed by atoms with E-state index in [1.54, 1.807) is 29.3 Å². The molecule has 6 nitrogen and oxygen atoms in total. The van der Waals surface area contributed by atoms with Gasteiger partial charge in [0.2, 0.25) is 0 Å². The van der Waals surface area contributed by atoms with E-state index in [2.05, 4.69) is 60.0 Å². The number of pyridine rings is 1. The molecule has 3 aromatic heterocycles. The molecule has 2 unspecified atom stereocenters. The SMILES string of the molecule is CC(C)(C)[Si](C)(C)OC(c1ccccc1)C(c1ccc(Br)cn1)n1cc(-c2ccnn2C(F)F)cn1. The maximum absolute atomic E-state index is 13.5. The van der Waals surface area contributed by atoms with E-state index in [1.165, 1.54) is 6.20 Å². The van der Waals surface area contributed by atoms with Crippen molar-refractivity contribution in [3.63, 3.8) is 0 Å². The van der Waals surface area contributed by atoms with Gasteiger partial charge in [-0.15, -0.1) is 0 Å². The average molecular weight is 575 g/mol. The van der Waals surface area contributed by atoms with E-state index in [9.17, 15) is 8.78 Å². The predicted octanol–water partition coefficient (Wildman–Crippen LogP) is 7.65. The molecule has 0 saturated carbocycles. The van der Waals surface area contributed by atoms with Crippen molar-refractivity contribution in [2.75, 3.05) is 0 Å². The Morgan fingerprint density at radius 3 is 2.31 bits per heavy atom. The number of nitrogens with zero attached hydrogens (tertiary/aromatic N) is 5. The van der Waals surface area contributed by atoms with Crippen molar-refractivity contribution in [1.82, 2.24) is 24.5 Å². The number of rotatable bonds is 8. The topological polar surface area (TPSA) is 57.8 Å². The van der Waals surface area contributed by atoms with Gasteiger partial charge in [-0.1, -0.05) is 51.1 Å². The third-order valence-electron chi connectivity index (χ3n) is 6.73. The summed E-state index contributed by atoms with van der Waals surface area (Å²) < 4.78 is 37.4. The smallest absolute Gasteiger partial charge is 0.333 e. The van der Waals surface area contributed by atoms with Gasteiger partial charge in [-0.2, -0.15) is 19.0 Å². The zero-order valence-electron chi connectivity index (χ0n) is 20.9. The first kappa shape index (κ1) is 26.4. The molecule has 0 spiro atoms. The van der Waals surface area contributed by atoms with Crippen LogP contribution in [0.4, 0.5) is 8.78 Å². The van der Waals surface area contributed by atoms with Crippen molar-refractivity contribution >= 4 is 24.2 Å². The van der Waals surface area contributed by atoms with Gasteiger partial charge in [0.1, 0.15) is 6.04 Å². The number of hydrogen-bond acceptors (Lipinski definition) is 4. The van der Waals surface area contributed by atoms with Gasteiger partial charge in [0.05, 0.1) is 23.7 Å². The summed E-state index contributed by atoms with van der Waals surface area (Å²) in [6, 6.07) is 15.0. The van der Waals surface area contributed by atoms with Crippen LogP contribution >= 0.6 is 15.9 Å². The molecule has 0 radical (unpaired) electrons. The third kappa shape index (κ3) is 5.50. The second-order valence-electron chi connectivity index (χ2n) is 10.2. The molecule has 0 aliphatic carbocycles. The first-order chi connectivity index (χ1) is 17.0. The van der Waals surface area contributed by atoms with Crippen LogP contribution < -0.4 is 0 Å². The van der Waals surface area contributed by atoms with Crippen LogP contribution in [0.2, 0.25) is 18.1 Å². The lowest BCUT2D eigenvalue weighted by atomic mass is 9.99. The van der Waals surface area contributed by atoms with Crippen molar-refractivity contribution in [2.24, 2.45) is 0 Å². The third-order valence-corrected chi connectivity index (χ3v) is 11.7. The van der Waals surface area contributed by atoms with Crippen molar-refractivity contribution in [1.29, 1.82) is 0 Å². The van der Waals surface area contributed by atoms with Crippen LogP contribution in [0.25, 0.3) is 11.3 Å². The zero-order valence-corrected chi connectivity index (χ0v) is 23.5. The molecule has 0 bridgehead atoms. The van der Waals surface area contributed by atoms with E-state index < -0.39 is 27.0 Å². The van der Waals surface area contributed by atoms with Crippen LogP contribution in [0.3, 0.4) is 0 Å². The Morgan fingerprint density at radius 2 is 1.69 bits per heavy atom. The largest absolute Gasteiger partial charge is 0.407 e. The van der Waals surface area contributed by atoms with E-state index in [0.29, 0.717) is 15.9 Å². The summed E-state index contributed by atoms with van der Waals surface area (Å²) in [5.41, 5.74) is 2.57. The van der Waals surface area contributed by atoms with Crippen LogP contribution in [0, 0.1) is 0 Å². The molecule has 0 aliphatic heterocycles. The summed E-state index contributed by atoms with van der Waals surface area (Å²) in [5.74, 6) is 0. The average Bonchev–Trinajstić information content (AvgIpc) is 3.49. The maximum atomic E-state index is 13.5. The van der Waals surface area contributed by atoms with Gasteiger partial charge in [0.15, 0.2) is 8.32 Å². The minimum Gasteiger partial charge on any atom is -0.407 e. The molecule has 3 heterocycles. The van der Waals surface area contributed by atoms with E-state index in [4.69, 9.17) is 9.41 Å². The molecule has 4 rings (SSSR count). The number of benzene rings is 1. The molecule has 36 heavy (non-hydrogen) atoms. The van der Waals surface area contributed by atoms with Gasteiger partial charge in [0.25, 0.3) is 0 Å². The van der Waals surface area contributed by atoms with Crippen molar-refractivity contribution in [2.45, 2.75) is 57.6 Å². The summed E-state index contributed by atoms with van der Waals surface area (Å²) in [5, 5.41) is 8.36. The highest BCUT2D eigenvalue weighted by atomic mass is 79.9. The standard InChI is InChI=1S/C26H30BrF2N5OSi/c1-26(2,3)36(4,5)35-24(18-9-7-6-8-10-18)23(21-12-11-20(27)16-30-21)33-17-19(15-32-33)22-13-14-31-34(22)25(28)29/h6-17,23-25H,1-5H3. The van der Waals surface area contributed by atoms with Crippen molar-refractivity contribution in [3.8, 4) is 11.3 Å². The van der Waals surface area contributed by atoms with Crippen molar-refractivity contribution < 1.29 is 13.2 Å². The van der Waals surface area contributed by atoms with Gasteiger partial charge in [0, 0.05) is 28.6 Å². The monoisotopic (exact) mass is 573 g/mol.